The second kappa shape index (κ2) is 9.96. The number of unbranched alkanes of at least 4 members (excludes halogenated alkanes) is 1. The third kappa shape index (κ3) is 6.44. The molecular formula is C20H25F3N4O. The number of aliphatic imine (C=N–C) groups is 1. The van der Waals surface area contributed by atoms with Crippen LogP contribution in [0, 0.1) is 6.92 Å². The highest BCUT2D eigenvalue weighted by Crippen LogP contribution is 2.28. The van der Waals surface area contributed by atoms with Crippen LogP contribution in [0.15, 0.2) is 52.3 Å². The number of rotatable bonds is 7. The highest BCUT2D eigenvalue weighted by Gasteiger charge is 2.29. The van der Waals surface area contributed by atoms with Gasteiger partial charge in [-0.15, -0.1) is 0 Å². The molecule has 0 amide bonds. The lowest BCUT2D eigenvalue weighted by Crippen LogP contribution is -2.37. The van der Waals surface area contributed by atoms with Gasteiger partial charge >= 0.3 is 6.18 Å². The maximum atomic E-state index is 12.6. The molecule has 0 spiro atoms. The number of benzene rings is 1. The van der Waals surface area contributed by atoms with Crippen molar-refractivity contribution < 1.29 is 13.2 Å². The fourth-order valence-corrected chi connectivity index (χ4v) is 2.73. The van der Waals surface area contributed by atoms with Crippen molar-refractivity contribution >= 4 is 5.96 Å². The molecule has 0 aliphatic rings. The van der Waals surface area contributed by atoms with Gasteiger partial charge in [-0.2, -0.15) is 13.2 Å². The molecule has 152 valence electrons. The molecule has 0 saturated carbocycles. The van der Waals surface area contributed by atoms with Crippen molar-refractivity contribution in [2.75, 3.05) is 13.6 Å². The highest BCUT2D eigenvalue weighted by atomic mass is 19.4. The summed E-state index contributed by atoms with van der Waals surface area (Å²) in [4.78, 5) is 15.9. The summed E-state index contributed by atoms with van der Waals surface area (Å²) in [7, 11) is 1.63. The summed E-state index contributed by atoms with van der Waals surface area (Å²) in [6.45, 7) is 3.61. The van der Waals surface area contributed by atoms with Gasteiger partial charge in [0.15, 0.2) is 5.96 Å². The number of nitrogens with zero attached hydrogens (tertiary/aromatic N) is 2. The zero-order valence-corrected chi connectivity index (χ0v) is 16.0. The molecular weight excluding hydrogens is 369 g/mol. The number of nitrogens with one attached hydrogen (secondary N) is 2. The average molecular weight is 394 g/mol. The van der Waals surface area contributed by atoms with Crippen LogP contribution in [0.2, 0.25) is 0 Å². The Bertz CT molecular complexity index is 842. The Kier molecular flexibility index (Phi) is 7.66. The van der Waals surface area contributed by atoms with Gasteiger partial charge in [-0.3, -0.25) is 9.79 Å². The standard InChI is InChI=1S/C20H25F3N4O/c1-15-6-5-7-18(28)27(15)13-4-3-12-25-19(24-2)26-14-16-8-10-17(11-9-16)20(21,22)23/h5-11H,3-4,12-14H2,1-2H3,(H2,24,25,26). The summed E-state index contributed by atoms with van der Waals surface area (Å²) in [5.74, 6) is 0.577. The number of guanidine groups is 1. The van der Waals surface area contributed by atoms with Crippen LogP contribution in [0.3, 0.4) is 0 Å². The van der Waals surface area contributed by atoms with Crippen molar-refractivity contribution in [3.63, 3.8) is 0 Å². The van der Waals surface area contributed by atoms with Gasteiger partial charge in [0.1, 0.15) is 0 Å². The van der Waals surface area contributed by atoms with Crippen LogP contribution in [0.4, 0.5) is 13.2 Å². The summed E-state index contributed by atoms with van der Waals surface area (Å²) in [6.07, 6.45) is -2.64. The first-order valence-corrected chi connectivity index (χ1v) is 9.08. The van der Waals surface area contributed by atoms with Crippen LogP contribution in [0.25, 0.3) is 0 Å². The van der Waals surface area contributed by atoms with E-state index >= 15 is 0 Å². The van der Waals surface area contributed by atoms with Crippen molar-refractivity contribution in [3.05, 3.63) is 69.6 Å². The fourth-order valence-electron chi connectivity index (χ4n) is 2.73. The van der Waals surface area contributed by atoms with Crippen molar-refractivity contribution in [3.8, 4) is 0 Å². The fraction of sp³-hybridized carbons (Fsp3) is 0.400. The minimum Gasteiger partial charge on any atom is -0.356 e. The molecule has 0 fully saturated rings. The third-order valence-corrected chi connectivity index (χ3v) is 4.33. The van der Waals surface area contributed by atoms with E-state index < -0.39 is 11.7 Å². The highest BCUT2D eigenvalue weighted by molar-refractivity contribution is 5.79. The topological polar surface area (TPSA) is 58.4 Å². The monoisotopic (exact) mass is 394 g/mol. The number of hydrogen-bond donors (Lipinski definition) is 2. The van der Waals surface area contributed by atoms with E-state index in [0.717, 1.165) is 36.2 Å². The van der Waals surface area contributed by atoms with E-state index in [2.05, 4.69) is 15.6 Å². The maximum absolute atomic E-state index is 12.6. The summed E-state index contributed by atoms with van der Waals surface area (Å²) in [5.41, 5.74) is 1.01. The molecule has 2 N–H and O–H groups in total. The van der Waals surface area contributed by atoms with Crippen LogP contribution in [0.5, 0.6) is 0 Å². The number of aryl methyl sites for hydroxylation is 1. The number of pyridine rings is 1. The van der Waals surface area contributed by atoms with E-state index in [4.69, 9.17) is 0 Å². The summed E-state index contributed by atoms with van der Waals surface area (Å²) in [5, 5.41) is 6.24. The Morgan fingerprint density at radius 2 is 1.79 bits per heavy atom. The zero-order chi connectivity index (χ0) is 20.6. The summed E-state index contributed by atoms with van der Waals surface area (Å²) < 4.78 is 39.5. The van der Waals surface area contributed by atoms with Crippen LogP contribution in [-0.2, 0) is 19.3 Å². The lowest BCUT2D eigenvalue weighted by Gasteiger charge is -2.13. The van der Waals surface area contributed by atoms with E-state index in [-0.39, 0.29) is 5.56 Å². The summed E-state index contributed by atoms with van der Waals surface area (Å²) >= 11 is 0. The molecule has 1 aromatic heterocycles. The predicted octanol–water partition coefficient (Wildman–Crippen LogP) is 3.32. The smallest absolute Gasteiger partial charge is 0.356 e. The van der Waals surface area contributed by atoms with Gasteiger partial charge in [0, 0.05) is 38.4 Å². The molecule has 0 bridgehead atoms. The Hall–Kier alpha value is -2.77. The molecule has 0 unspecified atom stereocenters. The second-order valence-corrected chi connectivity index (χ2v) is 6.41. The number of aromatic nitrogens is 1. The molecule has 0 aliphatic carbocycles. The molecule has 2 rings (SSSR count). The second-order valence-electron chi connectivity index (χ2n) is 6.41. The Morgan fingerprint density at radius 1 is 1.07 bits per heavy atom. The minimum atomic E-state index is -4.33. The van der Waals surface area contributed by atoms with E-state index in [0.29, 0.717) is 25.6 Å². The Labute approximate surface area is 162 Å². The summed E-state index contributed by atoms with van der Waals surface area (Å²) in [6, 6.07) is 10.3. The van der Waals surface area contributed by atoms with E-state index in [9.17, 15) is 18.0 Å². The third-order valence-electron chi connectivity index (χ3n) is 4.33. The van der Waals surface area contributed by atoms with Crippen molar-refractivity contribution in [2.45, 2.75) is 39.0 Å². The van der Waals surface area contributed by atoms with Gasteiger partial charge in [-0.25, -0.2) is 0 Å². The average Bonchev–Trinajstić information content (AvgIpc) is 2.65. The quantitative estimate of drug-likeness (QED) is 0.430. The van der Waals surface area contributed by atoms with Gasteiger partial charge in [-0.05, 0) is 43.5 Å². The Morgan fingerprint density at radius 3 is 2.39 bits per heavy atom. The largest absolute Gasteiger partial charge is 0.416 e. The van der Waals surface area contributed by atoms with E-state index in [1.807, 2.05) is 13.0 Å². The zero-order valence-electron chi connectivity index (χ0n) is 16.0. The molecule has 2 aromatic rings. The molecule has 5 nitrogen and oxygen atoms in total. The van der Waals surface area contributed by atoms with Gasteiger partial charge in [0.2, 0.25) is 0 Å². The SMILES string of the molecule is CN=C(NCCCCn1c(C)cccc1=O)NCc1ccc(C(F)(F)F)cc1. The molecule has 1 aromatic carbocycles. The van der Waals surface area contributed by atoms with Crippen LogP contribution < -0.4 is 16.2 Å². The first-order chi connectivity index (χ1) is 13.3. The molecule has 0 saturated heterocycles. The first-order valence-electron chi connectivity index (χ1n) is 9.08. The molecule has 0 radical (unpaired) electrons. The maximum Gasteiger partial charge on any atom is 0.416 e. The van der Waals surface area contributed by atoms with Crippen molar-refractivity contribution in [2.24, 2.45) is 4.99 Å². The minimum absolute atomic E-state index is 0.00183. The van der Waals surface area contributed by atoms with Crippen LogP contribution in [-0.4, -0.2) is 24.1 Å². The Balaban J connectivity index is 1.72. The van der Waals surface area contributed by atoms with E-state index in [1.54, 1.807) is 23.7 Å². The predicted molar refractivity (Wildman–Crippen MR) is 104 cm³/mol. The molecule has 8 heteroatoms. The number of alkyl halides is 3. The van der Waals surface area contributed by atoms with Gasteiger partial charge in [0.25, 0.3) is 5.56 Å². The van der Waals surface area contributed by atoms with Crippen molar-refractivity contribution in [1.29, 1.82) is 0 Å². The van der Waals surface area contributed by atoms with Gasteiger partial charge < -0.3 is 15.2 Å². The number of hydrogen-bond acceptors (Lipinski definition) is 2. The van der Waals surface area contributed by atoms with E-state index in [1.165, 1.54) is 12.1 Å². The number of halogens is 3. The lowest BCUT2D eigenvalue weighted by molar-refractivity contribution is -0.137. The van der Waals surface area contributed by atoms with Gasteiger partial charge in [0.05, 0.1) is 5.56 Å². The van der Waals surface area contributed by atoms with Gasteiger partial charge in [-0.1, -0.05) is 18.2 Å². The van der Waals surface area contributed by atoms with Crippen LogP contribution in [0.1, 0.15) is 29.7 Å². The van der Waals surface area contributed by atoms with Crippen LogP contribution >= 0.6 is 0 Å². The molecule has 0 atom stereocenters. The molecule has 1 heterocycles. The van der Waals surface area contributed by atoms with Crippen molar-refractivity contribution in [1.82, 2.24) is 15.2 Å². The molecule has 28 heavy (non-hydrogen) atoms. The normalized spacial score (nSPS) is 12.1. The first kappa shape index (κ1) is 21.5. The molecule has 0 aliphatic heterocycles. The lowest BCUT2D eigenvalue weighted by atomic mass is 10.1.